The molecule has 0 aliphatic rings. The van der Waals surface area contributed by atoms with Crippen LogP contribution in [0, 0.1) is 5.82 Å². The number of rotatable bonds is 5. The van der Waals surface area contributed by atoms with Gasteiger partial charge in [-0.25, -0.2) is 4.39 Å². The minimum Gasteiger partial charge on any atom is -0.504 e. The van der Waals surface area contributed by atoms with Crippen molar-refractivity contribution < 1.29 is 19.3 Å². The number of aliphatic hydroxyl groups is 1. The van der Waals surface area contributed by atoms with E-state index in [9.17, 15) is 14.6 Å². The van der Waals surface area contributed by atoms with Crippen molar-refractivity contribution in [3.8, 4) is 11.5 Å². The number of hydrogen-bond donors (Lipinski definition) is 2. The topological polar surface area (TPSA) is 62.0 Å². The molecular formula is C17H18FNO3. The summed E-state index contributed by atoms with van der Waals surface area (Å²) in [4.78, 5) is 4.16. The van der Waals surface area contributed by atoms with Crippen molar-refractivity contribution in [3.63, 3.8) is 0 Å². The lowest BCUT2D eigenvalue weighted by atomic mass is 9.96. The molecule has 0 fully saturated rings. The minimum absolute atomic E-state index is 0.00447. The van der Waals surface area contributed by atoms with Gasteiger partial charge in [-0.3, -0.25) is 4.99 Å². The van der Waals surface area contributed by atoms with Gasteiger partial charge in [0.1, 0.15) is 11.4 Å². The fourth-order valence-corrected chi connectivity index (χ4v) is 2.03. The Morgan fingerprint density at radius 1 is 1.23 bits per heavy atom. The highest BCUT2D eigenvalue weighted by Crippen LogP contribution is 2.28. The molecule has 0 bridgehead atoms. The molecular weight excluding hydrogens is 285 g/mol. The quantitative estimate of drug-likeness (QED) is 0.835. The molecule has 0 heterocycles. The van der Waals surface area contributed by atoms with Crippen molar-refractivity contribution in [1.29, 1.82) is 0 Å². The predicted molar refractivity (Wildman–Crippen MR) is 83.1 cm³/mol. The lowest BCUT2D eigenvalue weighted by Gasteiger charge is -2.21. The van der Waals surface area contributed by atoms with E-state index in [1.807, 2.05) is 0 Å². The molecule has 22 heavy (non-hydrogen) atoms. The van der Waals surface area contributed by atoms with E-state index in [-0.39, 0.29) is 18.1 Å². The number of methoxy groups -OCH3 is 1. The van der Waals surface area contributed by atoms with Gasteiger partial charge in [-0.05, 0) is 36.8 Å². The average molecular weight is 303 g/mol. The lowest BCUT2D eigenvalue weighted by molar-refractivity contribution is 0.0675. The number of hydrogen-bond acceptors (Lipinski definition) is 4. The maximum absolute atomic E-state index is 12.9. The molecule has 116 valence electrons. The van der Waals surface area contributed by atoms with Crippen LogP contribution in [0.3, 0.4) is 0 Å². The monoisotopic (exact) mass is 303 g/mol. The second kappa shape index (κ2) is 6.58. The first-order valence-corrected chi connectivity index (χ1v) is 6.78. The summed E-state index contributed by atoms with van der Waals surface area (Å²) in [5.41, 5.74) is -0.159. The van der Waals surface area contributed by atoms with Crippen LogP contribution in [-0.4, -0.2) is 30.1 Å². The van der Waals surface area contributed by atoms with E-state index in [1.165, 1.54) is 37.6 Å². The fourth-order valence-electron chi connectivity index (χ4n) is 2.03. The largest absolute Gasteiger partial charge is 0.504 e. The summed E-state index contributed by atoms with van der Waals surface area (Å²) in [5, 5.41) is 20.3. The molecule has 2 rings (SSSR count). The molecule has 5 heteroatoms. The van der Waals surface area contributed by atoms with Crippen LogP contribution < -0.4 is 4.74 Å². The summed E-state index contributed by atoms with van der Waals surface area (Å²) in [6.45, 7) is 1.68. The summed E-state index contributed by atoms with van der Waals surface area (Å²) < 4.78 is 17.9. The van der Waals surface area contributed by atoms with Crippen molar-refractivity contribution in [1.82, 2.24) is 0 Å². The summed E-state index contributed by atoms with van der Waals surface area (Å²) in [7, 11) is 1.47. The van der Waals surface area contributed by atoms with Gasteiger partial charge in [0.25, 0.3) is 0 Å². The molecule has 1 unspecified atom stereocenters. The van der Waals surface area contributed by atoms with Gasteiger partial charge in [0.05, 0.1) is 13.7 Å². The Labute approximate surface area is 128 Å². The van der Waals surface area contributed by atoms with E-state index < -0.39 is 5.60 Å². The van der Waals surface area contributed by atoms with E-state index >= 15 is 0 Å². The van der Waals surface area contributed by atoms with Crippen LogP contribution in [0.4, 0.5) is 4.39 Å². The highest BCUT2D eigenvalue weighted by Gasteiger charge is 2.22. The Morgan fingerprint density at radius 2 is 1.91 bits per heavy atom. The van der Waals surface area contributed by atoms with Gasteiger partial charge in [0.2, 0.25) is 0 Å². The zero-order valence-corrected chi connectivity index (χ0v) is 12.5. The van der Waals surface area contributed by atoms with Crippen molar-refractivity contribution in [3.05, 3.63) is 59.4 Å². The lowest BCUT2D eigenvalue weighted by Crippen LogP contribution is -2.25. The van der Waals surface area contributed by atoms with Gasteiger partial charge in [-0.1, -0.05) is 18.2 Å². The Bertz CT molecular complexity index is 666. The third-order valence-corrected chi connectivity index (χ3v) is 3.35. The molecule has 0 radical (unpaired) electrons. The first-order chi connectivity index (χ1) is 10.4. The third kappa shape index (κ3) is 3.62. The Balaban J connectivity index is 2.13. The first kappa shape index (κ1) is 16.0. The van der Waals surface area contributed by atoms with Crippen LogP contribution >= 0.6 is 0 Å². The zero-order valence-electron chi connectivity index (χ0n) is 12.5. The van der Waals surface area contributed by atoms with E-state index in [4.69, 9.17) is 4.74 Å². The number of benzene rings is 2. The number of halogens is 1. The first-order valence-electron chi connectivity index (χ1n) is 6.78. The molecule has 0 saturated carbocycles. The molecule has 2 aromatic carbocycles. The average Bonchev–Trinajstić information content (AvgIpc) is 2.49. The maximum atomic E-state index is 12.9. The van der Waals surface area contributed by atoms with Crippen LogP contribution in [0.5, 0.6) is 11.5 Å². The van der Waals surface area contributed by atoms with Gasteiger partial charge in [0, 0.05) is 11.8 Å². The van der Waals surface area contributed by atoms with E-state index in [1.54, 1.807) is 25.1 Å². The summed E-state index contributed by atoms with van der Waals surface area (Å²) >= 11 is 0. The number of phenolic OH excluding ortho intramolecular Hbond substituents is 1. The van der Waals surface area contributed by atoms with Crippen molar-refractivity contribution in [2.75, 3.05) is 13.7 Å². The second-order valence-corrected chi connectivity index (χ2v) is 5.15. The smallest absolute Gasteiger partial charge is 0.166 e. The molecule has 0 aliphatic carbocycles. The van der Waals surface area contributed by atoms with Crippen molar-refractivity contribution >= 4 is 6.21 Å². The number of aliphatic imine (C=N–C) groups is 1. The Kier molecular flexibility index (Phi) is 4.78. The van der Waals surface area contributed by atoms with Crippen molar-refractivity contribution in [2.45, 2.75) is 12.5 Å². The molecule has 0 spiro atoms. The van der Waals surface area contributed by atoms with Gasteiger partial charge in [0.15, 0.2) is 11.5 Å². The standard InChI is InChI=1S/C17H18FNO3/c1-17(21,13-6-8-14(18)9-7-13)11-19-10-12-4-3-5-15(22-2)16(12)20/h3-10,20-21H,11H2,1-2H3. The molecule has 1 atom stereocenters. The molecule has 0 aliphatic heterocycles. The zero-order chi connectivity index (χ0) is 16.2. The Morgan fingerprint density at radius 3 is 2.55 bits per heavy atom. The Hall–Kier alpha value is -2.40. The summed E-state index contributed by atoms with van der Waals surface area (Å²) in [6, 6.07) is 10.7. The highest BCUT2D eigenvalue weighted by molar-refractivity contribution is 5.84. The van der Waals surface area contributed by atoms with Crippen LogP contribution in [0.15, 0.2) is 47.5 Å². The van der Waals surface area contributed by atoms with Crippen LogP contribution in [0.1, 0.15) is 18.1 Å². The summed E-state index contributed by atoms with van der Waals surface area (Å²) in [5.74, 6) is -0.00576. The van der Waals surface area contributed by atoms with Crippen LogP contribution in [0.25, 0.3) is 0 Å². The van der Waals surface area contributed by atoms with Gasteiger partial charge < -0.3 is 14.9 Å². The SMILES string of the molecule is COc1cccc(C=NCC(C)(O)c2ccc(F)cc2)c1O. The van der Waals surface area contributed by atoms with Gasteiger partial charge in [-0.15, -0.1) is 0 Å². The number of nitrogens with zero attached hydrogens (tertiary/aromatic N) is 1. The molecule has 0 aromatic heterocycles. The summed E-state index contributed by atoms with van der Waals surface area (Å²) in [6.07, 6.45) is 1.47. The minimum atomic E-state index is -1.22. The number of phenols is 1. The molecule has 2 N–H and O–H groups in total. The number of ether oxygens (including phenoxy) is 1. The predicted octanol–water partition coefficient (Wildman–Crippen LogP) is 2.87. The van der Waals surface area contributed by atoms with E-state index in [0.29, 0.717) is 16.9 Å². The fraction of sp³-hybridized carbons (Fsp3) is 0.235. The number of para-hydroxylation sites is 1. The van der Waals surface area contributed by atoms with Gasteiger partial charge >= 0.3 is 0 Å². The maximum Gasteiger partial charge on any atom is 0.166 e. The third-order valence-electron chi connectivity index (χ3n) is 3.35. The van der Waals surface area contributed by atoms with Crippen molar-refractivity contribution in [2.24, 2.45) is 4.99 Å². The molecule has 0 saturated heterocycles. The van der Waals surface area contributed by atoms with Crippen LogP contribution in [0.2, 0.25) is 0 Å². The second-order valence-electron chi connectivity index (χ2n) is 5.15. The molecule has 2 aromatic rings. The van der Waals surface area contributed by atoms with Crippen LogP contribution in [-0.2, 0) is 5.60 Å². The molecule has 4 nitrogen and oxygen atoms in total. The van der Waals surface area contributed by atoms with E-state index in [0.717, 1.165) is 0 Å². The normalized spacial score (nSPS) is 14.0. The van der Waals surface area contributed by atoms with E-state index in [2.05, 4.69) is 4.99 Å². The number of aromatic hydroxyl groups is 1. The molecule has 0 amide bonds. The highest BCUT2D eigenvalue weighted by atomic mass is 19.1. The van der Waals surface area contributed by atoms with Gasteiger partial charge in [-0.2, -0.15) is 0 Å².